The van der Waals surface area contributed by atoms with Crippen LogP contribution in [-0.2, 0) is 16.4 Å². The summed E-state index contributed by atoms with van der Waals surface area (Å²) in [7, 11) is -2.85. The van der Waals surface area contributed by atoms with E-state index in [1.54, 1.807) is 12.1 Å². The van der Waals surface area contributed by atoms with Gasteiger partial charge >= 0.3 is 0 Å². The number of aromatic nitrogens is 1. The maximum Gasteiger partial charge on any atom is 0.288 e. The molecule has 0 aliphatic carbocycles. The lowest BCUT2D eigenvalue weighted by Crippen LogP contribution is -2.05. The molecule has 7 nitrogen and oxygen atoms in total. The summed E-state index contributed by atoms with van der Waals surface area (Å²) in [6.07, 6.45) is 1.30. The molecule has 0 amide bonds. The number of benzene rings is 3. The minimum Gasteiger partial charge on any atom is -0.497 e. The van der Waals surface area contributed by atoms with Gasteiger partial charge in [-0.05, 0) is 35.9 Å². The molecule has 1 aromatic heterocycles. The van der Waals surface area contributed by atoms with E-state index in [0.29, 0.717) is 16.7 Å². The third-order valence-corrected chi connectivity index (χ3v) is 6.80. The van der Waals surface area contributed by atoms with Gasteiger partial charge in [-0.1, -0.05) is 12.1 Å². The average Bonchev–Trinajstić information content (AvgIpc) is 3.11. The Labute approximate surface area is 181 Å². The van der Waals surface area contributed by atoms with Gasteiger partial charge in [0.05, 0.1) is 22.4 Å². The van der Waals surface area contributed by atoms with Crippen LogP contribution in [0.25, 0.3) is 10.9 Å². The number of nitro groups is 1. The molecule has 0 unspecified atom stereocenters. The van der Waals surface area contributed by atoms with Crippen molar-refractivity contribution in [2.75, 3.05) is 7.11 Å². The first kappa shape index (κ1) is 21.4. The van der Waals surface area contributed by atoms with E-state index >= 15 is 0 Å². The number of halogens is 2. The molecule has 0 spiro atoms. The van der Waals surface area contributed by atoms with E-state index in [1.165, 1.54) is 42.1 Å². The highest BCUT2D eigenvalue weighted by Crippen LogP contribution is 2.35. The lowest BCUT2D eigenvalue weighted by molar-refractivity contribution is -0.387. The van der Waals surface area contributed by atoms with Gasteiger partial charge in [0.1, 0.15) is 22.3 Å². The summed E-state index contributed by atoms with van der Waals surface area (Å²) in [6.45, 7) is -0.0370. The zero-order chi connectivity index (χ0) is 23.0. The average molecular weight is 458 g/mol. The van der Waals surface area contributed by atoms with E-state index in [4.69, 9.17) is 4.74 Å². The highest BCUT2D eigenvalue weighted by Gasteiger charge is 2.30. The van der Waals surface area contributed by atoms with Gasteiger partial charge in [0.25, 0.3) is 5.69 Å². The number of fused-ring (bicyclic) bond motifs is 1. The second-order valence-electron chi connectivity index (χ2n) is 7.01. The van der Waals surface area contributed by atoms with E-state index in [-0.39, 0.29) is 17.0 Å². The van der Waals surface area contributed by atoms with Gasteiger partial charge in [-0.3, -0.25) is 10.1 Å². The molecular formula is C22H16F2N2O5S. The SMILES string of the molecule is COc1ccc2c(S(=O)(=O)c3ccccc3[N+](=O)[O-])cn(Cc3cc(F)cc(F)c3)c2c1. The van der Waals surface area contributed by atoms with E-state index < -0.39 is 37.0 Å². The first-order chi connectivity index (χ1) is 15.2. The van der Waals surface area contributed by atoms with Gasteiger partial charge in [-0.15, -0.1) is 0 Å². The van der Waals surface area contributed by atoms with Crippen molar-refractivity contribution in [3.05, 3.63) is 94.2 Å². The molecular weight excluding hydrogens is 442 g/mol. The van der Waals surface area contributed by atoms with E-state index in [0.717, 1.165) is 24.3 Å². The van der Waals surface area contributed by atoms with Crippen LogP contribution in [0.15, 0.2) is 76.7 Å². The third kappa shape index (κ3) is 3.80. The number of nitro benzene ring substituents is 1. The molecule has 164 valence electrons. The standard InChI is InChI=1S/C22H16F2N2O5S/c1-31-17-6-7-18-20(11-17)25(12-14-8-15(23)10-16(24)9-14)13-22(18)32(29,30)21-5-3-2-4-19(21)26(27)28/h2-11,13H,12H2,1H3. The summed E-state index contributed by atoms with van der Waals surface area (Å²) in [4.78, 5) is 10.0. The molecule has 0 bridgehead atoms. The molecule has 3 aromatic carbocycles. The van der Waals surface area contributed by atoms with Crippen LogP contribution in [0.1, 0.15) is 5.56 Å². The Morgan fingerprint density at radius 3 is 2.34 bits per heavy atom. The zero-order valence-electron chi connectivity index (χ0n) is 16.7. The summed E-state index contributed by atoms with van der Waals surface area (Å²) in [5.74, 6) is -1.08. The van der Waals surface area contributed by atoms with Crippen LogP contribution in [0.4, 0.5) is 14.5 Å². The first-order valence-corrected chi connectivity index (χ1v) is 10.8. The Balaban J connectivity index is 1.94. The minimum absolute atomic E-state index is 0.0370. The van der Waals surface area contributed by atoms with Gasteiger partial charge in [0.2, 0.25) is 9.84 Å². The van der Waals surface area contributed by atoms with Crippen LogP contribution in [0.5, 0.6) is 5.75 Å². The molecule has 0 atom stereocenters. The van der Waals surface area contributed by atoms with E-state index in [9.17, 15) is 27.3 Å². The molecule has 0 aliphatic heterocycles. The molecule has 0 N–H and O–H groups in total. The topological polar surface area (TPSA) is 91.4 Å². The normalized spacial score (nSPS) is 11.6. The highest BCUT2D eigenvalue weighted by atomic mass is 32.2. The van der Waals surface area contributed by atoms with E-state index in [1.807, 2.05) is 0 Å². The molecule has 0 saturated heterocycles. The van der Waals surface area contributed by atoms with Crippen molar-refractivity contribution in [2.24, 2.45) is 0 Å². The quantitative estimate of drug-likeness (QED) is 0.308. The summed E-state index contributed by atoms with van der Waals surface area (Å²) in [6, 6.07) is 12.8. The van der Waals surface area contributed by atoms with Gasteiger partial charge < -0.3 is 9.30 Å². The van der Waals surface area contributed by atoms with Gasteiger partial charge in [-0.2, -0.15) is 0 Å². The van der Waals surface area contributed by atoms with Crippen molar-refractivity contribution in [1.29, 1.82) is 0 Å². The number of methoxy groups -OCH3 is 1. The lowest BCUT2D eigenvalue weighted by atomic mass is 10.2. The van der Waals surface area contributed by atoms with Crippen LogP contribution in [0.2, 0.25) is 0 Å². The minimum atomic E-state index is -4.30. The fourth-order valence-corrected chi connectivity index (χ4v) is 5.20. The van der Waals surface area contributed by atoms with Crippen molar-refractivity contribution in [1.82, 2.24) is 4.57 Å². The fraction of sp³-hybridized carbons (Fsp3) is 0.0909. The third-order valence-electron chi connectivity index (χ3n) is 4.97. The number of sulfone groups is 1. The van der Waals surface area contributed by atoms with Crippen LogP contribution in [-0.4, -0.2) is 25.0 Å². The molecule has 10 heteroatoms. The summed E-state index contributed by atoms with van der Waals surface area (Å²) in [5.41, 5.74) is 0.150. The number of hydrogen-bond donors (Lipinski definition) is 0. The van der Waals surface area contributed by atoms with Crippen molar-refractivity contribution < 1.29 is 26.9 Å². The molecule has 0 aliphatic rings. The smallest absolute Gasteiger partial charge is 0.288 e. The van der Waals surface area contributed by atoms with Gasteiger partial charge in [0, 0.05) is 36.3 Å². The zero-order valence-corrected chi connectivity index (χ0v) is 17.5. The van der Waals surface area contributed by atoms with E-state index in [2.05, 4.69) is 0 Å². The Kier molecular flexibility index (Phi) is 5.39. The van der Waals surface area contributed by atoms with Crippen molar-refractivity contribution in [3.63, 3.8) is 0 Å². The summed E-state index contributed by atoms with van der Waals surface area (Å²) < 4.78 is 60.9. The molecule has 0 saturated carbocycles. The summed E-state index contributed by atoms with van der Waals surface area (Å²) in [5, 5.41) is 11.7. The van der Waals surface area contributed by atoms with Crippen LogP contribution < -0.4 is 4.74 Å². The van der Waals surface area contributed by atoms with Crippen molar-refractivity contribution in [2.45, 2.75) is 16.3 Å². The Bertz CT molecular complexity index is 1440. The predicted octanol–water partition coefficient (Wildman–Crippen LogP) is 4.72. The maximum atomic E-state index is 13.7. The lowest BCUT2D eigenvalue weighted by Gasteiger charge is -2.07. The van der Waals surface area contributed by atoms with Crippen LogP contribution in [0, 0.1) is 21.7 Å². The molecule has 4 aromatic rings. The number of ether oxygens (including phenoxy) is 1. The Morgan fingerprint density at radius 2 is 1.69 bits per heavy atom. The monoisotopic (exact) mass is 458 g/mol. The molecule has 32 heavy (non-hydrogen) atoms. The molecule has 0 fully saturated rings. The second kappa shape index (κ2) is 8.04. The predicted molar refractivity (Wildman–Crippen MR) is 112 cm³/mol. The maximum absolute atomic E-state index is 13.7. The number of nitrogens with zero attached hydrogens (tertiary/aromatic N) is 2. The number of para-hydroxylation sites is 1. The highest BCUT2D eigenvalue weighted by molar-refractivity contribution is 7.91. The van der Waals surface area contributed by atoms with Crippen LogP contribution >= 0.6 is 0 Å². The van der Waals surface area contributed by atoms with Crippen molar-refractivity contribution >= 4 is 26.4 Å². The Morgan fingerprint density at radius 1 is 1.00 bits per heavy atom. The van der Waals surface area contributed by atoms with Crippen molar-refractivity contribution in [3.8, 4) is 5.75 Å². The molecule has 0 radical (unpaired) electrons. The molecule has 4 rings (SSSR count). The Hall–Kier alpha value is -3.79. The fourth-order valence-electron chi connectivity index (χ4n) is 3.56. The van der Waals surface area contributed by atoms with Gasteiger partial charge in [-0.25, -0.2) is 17.2 Å². The first-order valence-electron chi connectivity index (χ1n) is 9.31. The van der Waals surface area contributed by atoms with Gasteiger partial charge in [0.15, 0.2) is 0 Å². The summed E-state index contributed by atoms with van der Waals surface area (Å²) >= 11 is 0. The largest absolute Gasteiger partial charge is 0.497 e. The van der Waals surface area contributed by atoms with Crippen LogP contribution in [0.3, 0.4) is 0 Å². The number of hydrogen-bond acceptors (Lipinski definition) is 5. The number of rotatable bonds is 6. The molecule has 1 heterocycles. The second-order valence-corrected chi connectivity index (χ2v) is 8.90.